The van der Waals surface area contributed by atoms with Gasteiger partial charge in [0.25, 0.3) is 0 Å². The van der Waals surface area contributed by atoms with Gasteiger partial charge in [0.2, 0.25) is 0 Å². The van der Waals surface area contributed by atoms with Crippen LogP contribution in [0.15, 0.2) is 27.8 Å². The Morgan fingerprint density at radius 1 is 1.54 bits per heavy atom. The lowest BCUT2D eigenvalue weighted by atomic mass is 10.1. The smallest absolute Gasteiger partial charge is 0.0298 e. The van der Waals surface area contributed by atoms with Crippen LogP contribution in [0.5, 0.6) is 0 Å². The summed E-state index contributed by atoms with van der Waals surface area (Å²) in [5, 5.41) is 3.50. The van der Waals surface area contributed by atoms with Gasteiger partial charge in [-0.3, -0.25) is 0 Å². The maximum atomic E-state index is 8.12. The number of hydrogen-bond acceptors (Lipinski definition) is 1. The van der Waals surface area contributed by atoms with Crippen molar-refractivity contribution >= 4 is 15.9 Å². The molecule has 0 saturated carbocycles. The third-order valence-electron chi connectivity index (χ3n) is 1.86. The van der Waals surface area contributed by atoms with E-state index in [4.69, 9.17) is 5.53 Å². The van der Waals surface area contributed by atoms with E-state index in [0.29, 0.717) is 6.54 Å². The number of benzene rings is 1. The Bertz CT molecular complexity index is 343. The van der Waals surface area contributed by atoms with Crippen molar-refractivity contribution in [3.8, 4) is 0 Å². The van der Waals surface area contributed by atoms with Crippen LogP contribution in [0.2, 0.25) is 0 Å². The maximum Gasteiger partial charge on any atom is 0.0298 e. The van der Waals surface area contributed by atoms with Crippen LogP contribution in [0.25, 0.3) is 10.4 Å². The van der Waals surface area contributed by atoms with Gasteiger partial charge in [-0.2, -0.15) is 0 Å². The molecule has 1 rings (SSSR count). The number of nitrogens with zero attached hydrogens (tertiary/aromatic N) is 3. The standard InChI is InChI=1S/C9H10BrN3/c1-7-2-3-9(10)6-8(7)4-5-12-13-11/h2-3,6H,4-5H2,1H3. The highest BCUT2D eigenvalue weighted by Gasteiger charge is 1.97. The first kappa shape index (κ1) is 10.1. The molecule has 1 aromatic rings. The van der Waals surface area contributed by atoms with Crippen LogP contribution in [0.1, 0.15) is 11.1 Å². The second-order valence-corrected chi connectivity index (χ2v) is 3.69. The van der Waals surface area contributed by atoms with Gasteiger partial charge in [-0.25, -0.2) is 0 Å². The van der Waals surface area contributed by atoms with Gasteiger partial charge in [0.15, 0.2) is 0 Å². The molecule has 0 aliphatic heterocycles. The Morgan fingerprint density at radius 2 is 2.31 bits per heavy atom. The third kappa shape index (κ3) is 3.09. The molecule has 1 aromatic carbocycles. The Kier molecular flexibility index (Phi) is 3.80. The normalized spacial score (nSPS) is 9.38. The lowest BCUT2D eigenvalue weighted by Crippen LogP contribution is -1.92. The van der Waals surface area contributed by atoms with Crippen molar-refractivity contribution in [1.82, 2.24) is 0 Å². The SMILES string of the molecule is Cc1ccc(Br)cc1CCN=[N+]=[N-]. The summed E-state index contributed by atoms with van der Waals surface area (Å²) in [4.78, 5) is 2.72. The second-order valence-electron chi connectivity index (χ2n) is 2.78. The molecule has 0 heterocycles. The molecule has 0 unspecified atom stereocenters. The molecule has 0 N–H and O–H groups in total. The van der Waals surface area contributed by atoms with E-state index in [1.807, 2.05) is 6.07 Å². The van der Waals surface area contributed by atoms with E-state index < -0.39 is 0 Å². The number of aryl methyl sites for hydroxylation is 1. The minimum atomic E-state index is 0.522. The molecule has 13 heavy (non-hydrogen) atoms. The Morgan fingerprint density at radius 3 is 3.00 bits per heavy atom. The van der Waals surface area contributed by atoms with E-state index in [9.17, 15) is 0 Å². The van der Waals surface area contributed by atoms with Gasteiger partial charge in [0.1, 0.15) is 0 Å². The summed E-state index contributed by atoms with van der Waals surface area (Å²) in [5.74, 6) is 0. The Hall–Kier alpha value is -0.990. The molecule has 0 saturated heterocycles. The minimum absolute atomic E-state index is 0.522. The Labute approximate surface area is 85.5 Å². The van der Waals surface area contributed by atoms with Crippen LogP contribution in [-0.4, -0.2) is 6.54 Å². The van der Waals surface area contributed by atoms with E-state index >= 15 is 0 Å². The number of hydrogen-bond donors (Lipinski definition) is 0. The highest BCUT2D eigenvalue weighted by Crippen LogP contribution is 2.16. The fourth-order valence-corrected chi connectivity index (χ4v) is 1.53. The maximum absolute atomic E-state index is 8.12. The van der Waals surface area contributed by atoms with Crippen molar-refractivity contribution in [2.45, 2.75) is 13.3 Å². The van der Waals surface area contributed by atoms with Gasteiger partial charge < -0.3 is 0 Å². The van der Waals surface area contributed by atoms with Crippen molar-refractivity contribution in [2.24, 2.45) is 5.11 Å². The van der Waals surface area contributed by atoms with E-state index in [2.05, 4.69) is 45.0 Å². The molecule has 4 heteroatoms. The van der Waals surface area contributed by atoms with Gasteiger partial charge in [-0.15, -0.1) is 0 Å². The predicted molar refractivity (Wildman–Crippen MR) is 56.6 cm³/mol. The molecule has 0 amide bonds. The molecular formula is C9H10BrN3. The van der Waals surface area contributed by atoms with Gasteiger partial charge in [-0.1, -0.05) is 27.1 Å². The Balaban J connectivity index is 2.75. The molecule has 0 atom stereocenters. The lowest BCUT2D eigenvalue weighted by molar-refractivity contribution is 0.945. The first-order valence-electron chi connectivity index (χ1n) is 4.00. The minimum Gasteiger partial charge on any atom is -0.0936 e. The number of azide groups is 1. The second kappa shape index (κ2) is 4.90. The van der Waals surface area contributed by atoms with Crippen molar-refractivity contribution in [3.63, 3.8) is 0 Å². The number of rotatable bonds is 3. The van der Waals surface area contributed by atoms with Crippen LogP contribution >= 0.6 is 15.9 Å². The molecular weight excluding hydrogens is 230 g/mol. The summed E-state index contributed by atoms with van der Waals surface area (Å²) in [6.45, 7) is 2.58. The predicted octanol–water partition coefficient (Wildman–Crippen LogP) is 3.61. The molecule has 0 fully saturated rings. The molecule has 0 aliphatic carbocycles. The average Bonchev–Trinajstić information content (AvgIpc) is 2.11. The largest absolute Gasteiger partial charge is 0.0936 e. The zero-order valence-corrected chi connectivity index (χ0v) is 8.95. The molecule has 0 aromatic heterocycles. The van der Waals surface area contributed by atoms with Crippen LogP contribution in [0.3, 0.4) is 0 Å². The van der Waals surface area contributed by atoms with Crippen molar-refractivity contribution in [2.75, 3.05) is 6.54 Å². The lowest BCUT2D eigenvalue weighted by Gasteiger charge is -2.03. The van der Waals surface area contributed by atoms with Crippen LogP contribution in [0.4, 0.5) is 0 Å². The highest BCUT2D eigenvalue weighted by atomic mass is 79.9. The van der Waals surface area contributed by atoms with Crippen molar-refractivity contribution in [1.29, 1.82) is 0 Å². The van der Waals surface area contributed by atoms with Crippen molar-refractivity contribution in [3.05, 3.63) is 44.2 Å². The third-order valence-corrected chi connectivity index (χ3v) is 2.35. The fourth-order valence-electron chi connectivity index (χ4n) is 1.12. The molecule has 0 aliphatic rings. The van der Waals surface area contributed by atoms with E-state index in [1.54, 1.807) is 0 Å². The zero-order chi connectivity index (χ0) is 9.68. The first-order chi connectivity index (χ1) is 6.24. The summed E-state index contributed by atoms with van der Waals surface area (Å²) in [7, 11) is 0. The van der Waals surface area contributed by atoms with Gasteiger partial charge in [0, 0.05) is 15.9 Å². The summed E-state index contributed by atoms with van der Waals surface area (Å²) < 4.78 is 1.06. The first-order valence-corrected chi connectivity index (χ1v) is 4.79. The number of halogens is 1. The summed E-state index contributed by atoms with van der Waals surface area (Å²) >= 11 is 3.40. The topological polar surface area (TPSA) is 48.8 Å². The molecule has 0 radical (unpaired) electrons. The van der Waals surface area contributed by atoms with E-state index in [1.165, 1.54) is 11.1 Å². The highest BCUT2D eigenvalue weighted by molar-refractivity contribution is 9.10. The molecule has 3 nitrogen and oxygen atoms in total. The quantitative estimate of drug-likeness (QED) is 0.440. The average molecular weight is 240 g/mol. The van der Waals surface area contributed by atoms with Gasteiger partial charge in [0.05, 0.1) is 0 Å². The molecule has 68 valence electrons. The van der Waals surface area contributed by atoms with Gasteiger partial charge in [-0.05, 0) is 42.1 Å². The zero-order valence-electron chi connectivity index (χ0n) is 7.37. The van der Waals surface area contributed by atoms with Gasteiger partial charge >= 0.3 is 0 Å². The summed E-state index contributed by atoms with van der Waals surface area (Å²) in [5.41, 5.74) is 10.6. The summed E-state index contributed by atoms with van der Waals surface area (Å²) in [6.07, 6.45) is 0.801. The van der Waals surface area contributed by atoms with Crippen LogP contribution < -0.4 is 0 Å². The fraction of sp³-hybridized carbons (Fsp3) is 0.333. The molecule has 0 bridgehead atoms. The van der Waals surface area contributed by atoms with Crippen LogP contribution in [-0.2, 0) is 6.42 Å². The van der Waals surface area contributed by atoms with E-state index in [0.717, 1.165) is 10.9 Å². The molecule has 0 spiro atoms. The van der Waals surface area contributed by atoms with Crippen LogP contribution in [0, 0.1) is 6.92 Å². The van der Waals surface area contributed by atoms with Crippen molar-refractivity contribution < 1.29 is 0 Å². The van der Waals surface area contributed by atoms with E-state index in [-0.39, 0.29) is 0 Å². The summed E-state index contributed by atoms with van der Waals surface area (Å²) in [6, 6.07) is 6.12. The monoisotopic (exact) mass is 239 g/mol.